The van der Waals surface area contributed by atoms with Gasteiger partial charge in [0, 0.05) is 13.1 Å². The van der Waals surface area contributed by atoms with E-state index in [1.54, 1.807) is 7.05 Å². The van der Waals surface area contributed by atoms with Crippen LogP contribution in [0.1, 0.15) is 55.4 Å². The molecule has 2 aliphatic heterocycles. The molecule has 7 nitrogen and oxygen atoms in total. The highest BCUT2D eigenvalue weighted by molar-refractivity contribution is 5.84. The number of nitrogens with zero attached hydrogens (tertiary/aromatic N) is 1. The lowest BCUT2D eigenvalue weighted by Gasteiger charge is -2.37. The van der Waals surface area contributed by atoms with E-state index < -0.39 is 24.4 Å². The van der Waals surface area contributed by atoms with E-state index in [1.165, 1.54) is 11.3 Å². The molecule has 0 aromatic heterocycles. The molecule has 2 fully saturated rings. The Morgan fingerprint density at radius 2 is 1.81 bits per heavy atom. The summed E-state index contributed by atoms with van der Waals surface area (Å²) >= 11 is 0. The Bertz CT molecular complexity index is 719. The minimum atomic E-state index is -0.855. The van der Waals surface area contributed by atoms with Crippen LogP contribution < -0.4 is 10.6 Å². The van der Waals surface area contributed by atoms with Crippen LogP contribution in [0.5, 0.6) is 0 Å². The first kappa shape index (κ1) is 18.3. The van der Waals surface area contributed by atoms with Crippen molar-refractivity contribution in [3.8, 4) is 0 Å². The van der Waals surface area contributed by atoms with Crippen molar-refractivity contribution in [2.75, 3.05) is 13.6 Å². The first-order valence-corrected chi connectivity index (χ1v) is 9.80. The van der Waals surface area contributed by atoms with E-state index in [9.17, 15) is 14.7 Å². The number of ether oxygens (including phenoxy) is 1. The SMILES string of the molecule is CNC(=O)CN(C(=O)NC1CCCCC1)[C@H]1[C@H](O)[C@@H]2O[C@H]1c1ccccc12. The zero-order chi connectivity index (χ0) is 19.0. The molecule has 2 heterocycles. The number of likely N-dealkylation sites (N-methyl/N-ethyl adjacent to an activating group) is 1. The van der Waals surface area contributed by atoms with Crippen LogP contribution in [0.3, 0.4) is 0 Å². The number of nitrogens with one attached hydrogen (secondary N) is 2. The molecule has 3 N–H and O–H groups in total. The lowest BCUT2D eigenvalue weighted by molar-refractivity contribution is -0.122. The number of carbonyl (C=O) groups is 2. The van der Waals surface area contributed by atoms with Gasteiger partial charge in [0.1, 0.15) is 24.9 Å². The van der Waals surface area contributed by atoms with Crippen LogP contribution in [0, 0.1) is 0 Å². The zero-order valence-electron chi connectivity index (χ0n) is 15.6. The lowest BCUT2D eigenvalue weighted by atomic mass is 9.85. The fourth-order valence-electron chi connectivity index (χ4n) is 4.62. The molecule has 4 atom stereocenters. The number of benzene rings is 1. The third-order valence-corrected chi connectivity index (χ3v) is 6.02. The van der Waals surface area contributed by atoms with Gasteiger partial charge < -0.3 is 25.4 Å². The molecular formula is C20H27N3O4. The van der Waals surface area contributed by atoms with Gasteiger partial charge in [-0.05, 0) is 24.0 Å². The Balaban J connectivity index is 1.57. The number of fused-ring (bicyclic) bond motifs is 5. The minimum absolute atomic E-state index is 0.106. The van der Waals surface area contributed by atoms with Gasteiger partial charge in [0.15, 0.2) is 0 Å². The first-order chi connectivity index (χ1) is 13.1. The maximum atomic E-state index is 13.1. The molecule has 7 heteroatoms. The smallest absolute Gasteiger partial charge is 0.318 e. The average Bonchev–Trinajstić information content (AvgIpc) is 3.23. The van der Waals surface area contributed by atoms with Gasteiger partial charge in [-0.3, -0.25) is 4.79 Å². The van der Waals surface area contributed by atoms with Crippen molar-refractivity contribution in [3.63, 3.8) is 0 Å². The monoisotopic (exact) mass is 373 g/mol. The summed E-state index contributed by atoms with van der Waals surface area (Å²) < 4.78 is 6.00. The van der Waals surface area contributed by atoms with Gasteiger partial charge in [-0.2, -0.15) is 0 Å². The fraction of sp³-hybridized carbons (Fsp3) is 0.600. The van der Waals surface area contributed by atoms with Crippen molar-refractivity contribution in [1.82, 2.24) is 15.5 Å². The summed E-state index contributed by atoms with van der Waals surface area (Å²) in [6.45, 7) is -0.106. The normalized spacial score (nSPS) is 29.3. The maximum absolute atomic E-state index is 13.1. The average molecular weight is 373 g/mol. The van der Waals surface area contributed by atoms with Gasteiger partial charge in [0.25, 0.3) is 0 Å². The van der Waals surface area contributed by atoms with Crippen molar-refractivity contribution >= 4 is 11.9 Å². The van der Waals surface area contributed by atoms with Crippen LogP contribution in [0.4, 0.5) is 4.79 Å². The number of amides is 3. The third-order valence-electron chi connectivity index (χ3n) is 6.02. The van der Waals surface area contributed by atoms with Crippen molar-refractivity contribution in [1.29, 1.82) is 0 Å². The molecule has 1 aromatic rings. The summed E-state index contributed by atoms with van der Waals surface area (Å²) in [5, 5.41) is 16.5. The van der Waals surface area contributed by atoms with Crippen molar-refractivity contribution in [2.24, 2.45) is 0 Å². The molecule has 1 saturated carbocycles. The number of rotatable bonds is 4. The van der Waals surface area contributed by atoms with E-state index >= 15 is 0 Å². The predicted octanol–water partition coefficient (Wildman–Crippen LogP) is 1.63. The van der Waals surface area contributed by atoms with E-state index in [0.717, 1.165) is 36.8 Å². The van der Waals surface area contributed by atoms with E-state index in [0.29, 0.717) is 0 Å². The quantitative estimate of drug-likeness (QED) is 0.748. The van der Waals surface area contributed by atoms with Crippen LogP contribution in [-0.4, -0.2) is 53.7 Å². The summed E-state index contributed by atoms with van der Waals surface area (Å²) in [5.41, 5.74) is 1.96. The summed E-state index contributed by atoms with van der Waals surface area (Å²) in [6.07, 6.45) is 3.60. The Kier molecular flexibility index (Phi) is 5.06. The molecule has 146 valence electrons. The van der Waals surface area contributed by atoms with Crippen molar-refractivity contribution in [3.05, 3.63) is 35.4 Å². The number of hydrogen-bond acceptors (Lipinski definition) is 4. The molecule has 27 heavy (non-hydrogen) atoms. The fourth-order valence-corrected chi connectivity index (χ4v) is 4.62. The largest absolute Gasteiger partial charge is 0.388 e. The molecule has 1 saturated heterocycles. The summed E-state index contributed by atoms with van der Waals surface area (Å²) in [6, 6.07) is 7.01. The molecule has 4 rings (SSSR count). The predicted molar refractivity (Wildman–Crippen MR) is 99.0 cm³/mol. The highest BCUT2D eigenvalue weighted by atomic mass is 16.5. The lowest BCUT2D eigenvalue weighted by Crippen LogP contribution is -2.57. The van der Waals surface area contributed by atoms with Gasteiger partial charge >= 0.3 is 6.03 Å². The highest BCUT2D eigenvalue weighted by Crippen LogP contribution is 2.52. The molecule has 1 aliphatic carbocycles. The topological polar surface area (TPSA) is 90.9 Å². The molecular weight excluding hydrogens is 346 g/mol. The number of carbonyl (C=O) groups excluding carboxylic acids is 2. The Morgan fingerprint density at radius 3 is 2.48 bits per heavy atom. The van der Waals surface area contributed by atoms with Gasteiger partial charge in [-0.15, -0.1) is 0 Å². The molecule has 0 unspecified atom stereocenters. The van der Waals surface area contributed by atoms with Crippen LogP contribution in [-0.2, 0) is 9.53 Å². The summed E-state index contributed by atoms with van der Waals surface area (Å²) in [4.78, 5) is 26.6. The molecule has 1 aromatic carbocycles. The molecule has 0 radical (unpaired) electrons. The summed E-state index contributed by atoms with van der Waals surface area (Å²) in [5.74, 6) is -0.267. The zero-order valence-corrected chi connectivity index (χ0v) is 15.6. The standard InChI is InChI=1S/C20H27N3O4/c1-21-15(24)11-23(20(26)22-12-7-3-2-4-8-12)16-17(25)19-14-10-6-5-9-13(14)18(16)27-19/h5-6,9-10,12,16-19,25H,2-4,7-8,11H2,1H3,(H,21,24)(H,22,26)/t16-,17-,18-,19+/m0/s1. The second-order valence-corrected chi connectivity index (χ2v) is 7.67. The summed E-state index contributed by atoms with van der Waals surface area (Å²) in [7, 11) is 1.54. The van der Waals surface area contributed by atoms with Crippen LogP contribution in [0.15, 0.2) is 24.3 Å². The second kappa shape index (κ2) is 7.48. The first-order valence-electron chi connectivity index (χ1n) is 9.80. The molecule has 3 amide bonds. The number of urea groups is 1. The minimum Gasteiger partial charge on any atom is -0.388 e. The van der Waals surface area contributed by atoms with E-state index in [1.807, 2.05) is 24.3 Å². The second-order valence-electron chi connectivity index (χ2n) is 7.67. The molecule has 2 bridgehead atoms. The van der Waals surface area contributed by atoms with E-state index in [2.05, 4.69) is 10.6 Å². The Morgan fingerprint density at radius 1 is 1.15 bits per heavy atom. The molecule has 3 aliphatic rings. The van der Waals surface area contributed by atoms with Crippen molar-refractivity contribution in [2.45, 2.75) is 62.5 Å². The van der Waals surface area contributed by atoms with Gasteiger partial charge in [0.2, 0.25) is 5.91 Å². The van der Waals surface area contributed by atoms with Gasteiger partial charge in [-0.1, -0.05) is 43.5 Å². The van der Waals surface area contributed by atoms with E-state index in [4.69, 9.17) is 4.74 Å². The van der Waals surface area contributed by atoms with E-state index in [-0.39, 0.29) is 24.5 Å². The third kappa shape index (κ3) is 3.30. The number of hydrogen-bond donors (Lipinski definition) is 3. The van der Waals surface area contributed by atoms with Crippen molar-refractivity contribution < 1.29 is 19.4 Å². The van der Waals surface area contributed by atoms with Crippen LogP contribution in [0.2, 0.25) is 0 Å². The Hall–Kier alpha value is -2.12. The van der Waals surface area contributed by atoms with Crippen LogP contribution in [0.25, 0.3) is 0 Å². The molecule has 0 spiro atoms. The maximum Gasteiger partial charge on any atom is 0.318 e. The van der Waals surface area contributed by atoms with Crippen LogP contribution >= 0.6 is 0 Å². The van der Waals surface area contributed by atoms with Gasteiger partial charge in [0.05, 0.1) is 6.04 Å². The number of aliphatic hydroxyl groups is 1. The number of aliphatic hydroxyl groups excluding tert-OH is 1. The van der Waals surface area contributed by atoms with Gasteiger partial charge in [-0.25, -0.2) is 4.79 Å². The Labute approximate surface area is 159 Å². The highest BCUT2D eigenvalue weighted by Gasteiger charge is 2.55.